The molecule has 10 heteroatoms. The highest BCUT2D eigenvalue weighted by atomic mass is 28.4. The van der Waals surface area contributed by atoms with Crippen LogP contribution in [0.4, 0.5) is 4.79 Å². The number of nitrogens with zero attached hydrogens (tertiary/aromatic N) is 2. The van der Waals surface area contributed by atoms with E-state index in [-0.39, 0.29) is 36.5 Å². The first kappa shape index (κ1) is 39.2. The summed E-state index contributed by atoms with van der Waals surface area (Å²) in [7, 11) is -1.82. The molecular formula is C48H48N2O7Si. The minimum atomic E-state index is -3.00. The number of ether oxygens (including phenoxy) is 2. The summed E-state index contributed by atoms with van der Waals surface area (Å²) in [6.07, 6.45) is 4.01. The Hall–Kier alpha value is -5.68. The number of pyridine rings is 1. The van der Waals surface area contributed by atoms with Gasteiger partial charge in [0.15, 0.2) is 0 Å². The van der Waals surface area contributed by atoms with Crippen molar-refractivity contribution in [3.05, 3.63) is 144 Å². The Balaban J connectivity index is 1.20. The predicted octanol–water partition coefficient (Wildman–Crippen LogP) is 7.92. The summed E-state index contributed by atoms with van der Waals surface area (Å²) < 4.78 is 19.0. The second kappa shape index (κ2) is 15.9. The second-order valence-corrected chi connectivity index (χ2v) is 20.7. The standard InChI is InChI=1S/C48H48N2O7Si/c1-48(2,3)58(34-15-7-5-8-16-34,35-17-9-6-10-18-35)57-29-33-28-38-44(46(53)50(45(38)52)47(54)55-4)39-30-56-42(43(33)39)25-23-32(40-21-13-14-26-49-40)27-31-22-24-41(51)37-20-12-11-19-36(31)37/h5-22,24,26-27,38-39,42,44,51H,23,25,28-30H2,1-4H3/b32-27-/t38-,39+,42-,44-/m1/s1. The Morgan fingerprint density at radius 1 is 0.862 bits per heavy atom. The molecule has 3 heterocycles. The number of hydrogen-bond acceptors (Lipinski definition) is 8. The molecule has 0 spiro atoms. The van der Waals surface area contributed by atoms with Crippen LogP contribution in [0.2, 0.25) is 5.04 Å². The molecule has 2 saturated heterocycles. The molecule has 1 aliphatic carbocycles. The largest absolute Gasteiger partial charge is 0.507 e. The molecule has 3 aliphatic rings. The van der Waals surface area contributed by atoms with Gasteiger partial charge in [0.2, 0.25) is 11.8 Å². The number of hydrogen-bond donors (Lipinski definition) is 1. The molecule has 9 nitrogen and oxygen atoms in total. The summed E-state index contributed by atoms with van der Waals surface area (Å²) in [6, 6.07) is 38.1. The Bertz CT molecular complexity index is 2370. The van der Waals surface area contributed by atoms with E-state index >= 15 is 0 Å². The lowest BCUT2D eigenvalue weighted by molar-refractivity contribution is -0.137. The van der Waals surface area contributed by atoms with Crippen LogP contribution in [0.25, 0.3) is 22.4 Å². The highest BCUT2D eigenvalue weighted by Gasteiger charge is 2.59. The normalized spacial score (nSPS) is 21.0. The number of carbonyl (C=O) groups excluding carboxylic acids is 3. The van der Waals surface area contributed by atoms with E-state index in [9.17, 15) is 19.5 Å². The first-order valence-corrected chi connectivity index (χ1v) is 21.8. The minimum Gasteiger partial charge on any atom is -0.507 e. The number of phenolic OH excluding ortho intramolecular Hbond substituents is 1. The SMILES string of the molecule is COC(=O)N1C(=O)[C@@H]2[C@@H](CC(CO[Si](c3ccccc3)(c3ccccc3)C(C)(C)C)=C3[C@@H](CC/C(=C/c4ccc(O)c5ccccc45)c4ccccn4)OC[C@@H]32)C1=O. The summed E-state index contributed by atoms with van der Waals surface area (Å²) in [5.74, 6) is -2.72. The molecule has 2 fully saturated rings. The van der Waals surface area contributed by atoms with Crippen molar-refractivity contribution in [2.45, 2.75) is 51.2 Å². The molecule has 58 heavy (non-hydrogen) atoms. The van der Waals surface area contributed by atoms with Gasteiger partial charge in [-0.2, -0.15) is 4.90 Å². The van der Waals surface area contributed by atoms with Gasteiger partial charge in [-0.05, 0) is 86.6 Å². The quantitative estimate of drug-likeness (QED) is 0.0863. The molecule has 3 amide bonds. The van der Waals surface area contributed by atoms with Crippen LogP contribution >= 0.6 is 0 Å². The van der Waals surface area contributed by atoms with Crippen molar-refractivity contribution in [3.63, 3.8) is 0 Å². The lowest BCUT2D eigenvalue weighted by Gasteiger charge is -2.44. The van der Waals surface area contributed by atoms with Crippen LogP contribution < -0.4 is 10.4 Å². The molecule has 0 bridgehead atoms. The van der Waals surface area contributed by atoms with Gasteiger partial charge in [-0.1, -0.05) is 118 Å². The highest BCUT2D eigenvalue weighted by Crippen LogP contribution is 2.51. The first-order valence-electron chi connectivity index (χ1n) is 19.9. The van der Waals surface area contributed by atoms with Crippen LogP contribution in [0.1, 0.15) is 51.3 Å². The van der Waals surface area contributed by atoms with Crippen molar-refractivity contribution >= 4 is 59.0 Å². The van der Waals surface area contributed by atoms with Crippen molar-refractivity contribution in [1.29, 1.82) is 0 Å². The van der Waals surface area contributed by atoms with Gasteiger partial charge in [0.1, 0.15) is 5.75 Å². The number of likely N-dealkylation sites (tertiary alicyclic amines) is 1. The first-order chi connectivity index (χ1) is 28.0. The van der Waals surface area contributed by atoms with Crippen LogP contribution in [0, 0.1) is 17.8 Å². The molecule has 8 rings (SSSR count). The number of aromatic hydroxyl groups is 1. The van der Waals surface area contributed by atoms with Gasteiger partial charge in [0, 0.05) is 17.5 Å². The fourth-order valence-electron chi connectivity index (χ4n) is 9.57. The zero-order valence-electron chi connectivity index (χ0n) is 33.3. The molecule has 0 radical (unpaired) electrons. The predicted molar refractivity (Wildman–Crippen MR) is 227 cm³/mol. The van der Waals surface area contributed by atoms with E-state index in [1.807, 2.05) is 60.7 Å². The third-order valence-electron chi connectivity index (χ3n) is 12.2. The molecule has 1 N–H and O–H groups in total. The van der Waals surface area contributed by atoms with Gasteiger partial charge in [0.05, 0.1) is 44.0 Å². The van der Waals surface area contributed by atoms with Gasteiger partial charge >= 0.3 is 6.09 Å². The summed E-state index contributed by atoms with van der Waals surface area (Å²) in [5.41, 5.74) is 4.71. The van der Waals surface area contributed by atoms with E-state index in [2.05, 4.69) is 75.4 Å². The maximum absolute atomic E-state index is 14.0. The molecule has 0 unspecified atom stereocenters. The fourth-order valence-corrected chi connectivity index (χ4v) is 14.1. The number of carbonyl (C=O) groups is 3. The van der Waals surface area contributed by atoms with Crippen LogP contribution in [-0.4, -0.2) is 67.6 Å². The Labute approximate surface area is 340 Å². The average Bonchev–Trinajstić information content (AvgIpc) is 3.78. The van der Waals surface area contributed by atoms with Crippen molar-refractivity contribution < 1.29 is 33.4 Å². The van der Waals surface area contributed by atoms with Gasteiger partial charge in [-0.15, -0.1) is 0 Å². The maximum Gasteiger partial charge on any atom is 0.423 e. The van der Waals surface area contributed by atoms with Crippen LogP contribution in [0.15, 0.2) is 133 Å². The summed E-state index contributed by atoms with van der Waals surface area (Å²) in [4.78, 5) is 46.1. The molecule has 2 aliphatic heterocycles. The average molecular weight is 793 g/mol. The maximum atomic E-state index is 14.0. The number of benzene rings is 4. The second-order valence-electron chi connectivity index (χ2n) is 16.4. The number of rotatable bonds is 10. The van der Waals surface area contributed by atoms with Crippen molar-refractivity contribution in [3.8, 4) is 5.75 Å². The lowest BCUT2D eigenvalue weighted by atomic mass is 9.69. The smallest absolute Gasteiger partial charge is 0.423 e. The van der Waals surface area contributed by atoms with Crippen molar-refractivity contribution in [2.24, 2.45) is 17.8 Å². The van der Waals surface area contributed by atoms with Crippen molar-refractivity contribution in [2.75, 3.05) is 20.3 Å². The van der Waals surface area contributed by atoms with Crippen LogP contribution in [0.3, 0.4) is 0 Å². The fraction of sp³-hybridized carbons (Fsp3) is 0.292. The summed E-state index contributed by atoms with van der Waals surface area (Å²) in [6.45, 7) is 7.17. The minimum absolute atomic E-state index is 0.221. The lowest BCUT2D eigenvalue weighted by Crippen LogP contribution is -2.66. The number of allylic oxidation sites excluding steroid dienone is 1. The third-order valence-corrected chi connectivity index (χ3v) is 17.2. The topological polar surface area (TPSA) is 115 Å². The van der Waals surface area contributed by atoms with E-state index in [4.69, 9.17) is 18.9 Å². The van der Waals surface area contributed by atoms with Crippen molar-refractivity contribution in [1.82, 2.24) is 9.88 Å². The Morgan fingerprint density at radius 2 is 1.52 bits per heavy atom. The Morgan fingerprint density at radius 3 is 2.16 bits per heavy atom. The van der Waals surface area contributed by atoms with Gasteiger partial charge in [0.25, 0.3) is 8.32 Å². The van der Waals surface area contributed by atoms with Gasteiger partial charge in [-0.25, -0.2) is 4.79 Å². The van der Waals surface area contributed by atoms with Crippen LogP contribution in [-0.2, 0) is 23.5 Å². The number of phenols is 1. The molecular weight excluding hydrogens is 745 g/mol. The third kappa shape index (κ3) is 6.89. The zero-order chi connectivity index (χ0) is 40.6. The van der Waals surface area contributed by atoms with E-state index in [1.54, 1.807) is 12.3 Å². The van der Waals surface area contributed by atoms with E-state index in [0.717, 1.165) is 49.1 Å². The van der Waals surface area contributed by atoms with Gasteiger partial charge in [-0.3, -0.25) is 14.6 Å². The van der Waals surface area contributed by atoms with E-state index in [0.29, 0.717) is 17.7 Å². The monoisotopic (exact) mass is 792 g/mol. The molecule has 1 aromatic heterocycles. The summed E-state index contributed by atoms with van der Waals surface area (Å²) >= 11 is 0. The molecule has 296 valence electrons. The molecule has 5 aromatic rings. The Kier molecular flexibility index (Phi) is 10.8. The van der Waals surface area contributed by atoms with E-state index in [1.165, 1.54) is 7.11 Å². The van der Waals surface area contributed by atoms with E-state index < -0.39 is 44.0 Å². The zero-order valence-corrected chi connectivity index (χ0v) is 34.3. The molecule has 0 saturated carbocycles. The molecule has 4 aromatic carbocycles. The van der Waals surface area contributed by atoms with Crippen LogP contribution in [0.5, 0.6) is 5.75 Å². The number of fused-ring (bicyclic) bond motifs is 4. The molecule has 4 atom stereocenters. The number of aromatic nitrogens is 1. The number of imide groups is 3. The van der Waals surface area contributed by atoms with Gasteiger partial charge < -0.3 is 19.0 Å². The number of amides is 3. The highest BCUT2D eigenvalue weighted by molar-refractivity contribution is 6.99. The summed E-state index contributed by atoms with van der Waals surface area (Å²) in [5, 5.41) is 14.3. The number of methoxy groups -OCH3 is 1.